The molecule has 11 heteroatoms. The summed E-state index contributed by atoms with van der Waals surface area (Å²) in [6.07, 6.45) is 2.42. The molecule has 1 aliphatic rings. The summed E-state index contributed by atoms with van der Waals surface area (Å²) < 4.78 is 40.2. The third-order valence-electron chi connectivity index (χ3n) is 5.95. The zero-order valence-corrected chi connectivity index (χ0v) is 19.5. The molecule has 2 aromatic heterocycles. The molecule has 0 radical (unpaired) electrons. The number of rotatable bonds is 6. The van der Waals surface area contributed by atoms with Gasteiger partial charge in [-0.3, -0.25) is 13.7 Å². The Kier molecular flexibility index (Phi) is 5.47. The van der Waals surface area contributed by atoms with Crippen LogP contribution in [0.15, 0.2) is 41.3 Å². The number of hydrogen-bond acceptors (Lipinski definition) is 5. The minimum absolute atomic E-state index is 0.00985. The van der Waals surface area contributed by atoms with Gasteiger partial charge in [0.25, 0.3) is 0 Å². The van der Waals surface area contributed by atoms with Crippen molar-refractivity contribution >= 4 is 34.8 Å². The minimum atomic E-state index is -4.74. The van der Waals surface area contributed by atoms with Crippen LogP contribution in [0.5, 0.6) is 11.5 Å². The fourth-order valence-corrected chi connectivity index (χ4v) is 4.86. The van der Waals surface area contributed by atoms with Crippen molar-refractivity contribution in [1.82, 2.24) is 14.1 Å². The van der Waals surface area contributed by atoms with Crippen molar-refractivity contribution in [3.8, 4) is 11.5 Å². The second kappa shape index (κ2) is 8.23. The molecule has 0 saturated heterocycles. The fourth-order valence-electron chi connectivity index (χ4n) is 4.24. The van der Waals surface area contributed by atoms with Crippen LogP contribution in [-0.2, 0) is 17.7 Å². The van der Waals surface area contributed by atoms with Crippen LogP contribution in [0.1, 0.15) is 25.8 Å². The van der Waals surface area contributed by atoms with Gasteiger partial charge in [0, 0.05) is 11.9 Å². The maximum atomic E-state index is 14.5. The Morgan fingerprint density at radius 3 is 2.68 bits per heavy atom. The molecule has 5 rings (SSSR count). The number of aromatic nitrogens is 3. The lowest BCUT2D eigenvalue weighted by Gasteiger charge is -2.10. The lowest BCUT2D eigenvalue weighted by molar-refractivity contribution is 0.174. The number of benzene rings is 2. The molecule has 0 unspecified atom stereocenters. The van der Waals surface area contributed by atoms with Crippen molar-refractivity contribution in [3.05, 3.63) is 58.4 Å². The molecule has 0 amide bonds. The van der Waals surface area contributed by atoms with Crippen molar-refractivity contribution in [1.29, 1.82) is 0 Å². The second-order valence-electron chi connectivity index (χ2n) is 8.72. The molecule has 0 aliphatic carbocycles. The summed E-state index contributed by atoms with van der Waals surface area (Å²) in [5.74, 6) is 0.437. The van der Waals surface area contributed by atoms with Crippen molar-refractivity contribution in [2.45, 2.75) is 33.4 Å². The first-order valence-corrected chi connectivity index (χ1v) is 12.4. The van der Waals surface area contributed by atoms with Crippen molar-refractivity contribution in [2.24, 2.45) is 5.92 Å². The van der Waals surface area contributed by atoms with E-state index in [2.05, 4.69) is 18.8 Å². The summed E-state index contributed by atoms with van der Waals surface area (Å²) >= 11 is 0. The van der Waals surface area contributed by atoms with Gasteiger partial charge in [-0.1, -0.05) is 19.9 Å². The summed E-state index contributed by atoms with van der Waals surface area (Å²) in [6.45, 7) is 4.73. The largest absolute Gasteiger partial charge is 0.454 e. The average Bonchev–Trinajstić information content (AvgIpc) is 3.34. The van der Waals surface area contributed by atoms with E-state index in [1.165, 1.54) is 10.6 Å². The van der Waals surface area contributed by atoms with E-state index >= 15 is 0 Å². The molecule has 0 spiro atoms. The predicted molar refractivity (Wildman–Crippen MR) is 124 cm³/mol. The van der Waals surface area contributed by atoms with E-state index in [0.717, 1.165) is 18.6 Å². The first kappa shape index (κ1) is 22.6. The highest BCUT2D eigenvalue weighted by atomic mass is 31.2. The summed E-state index contributed by atoms with van der Waals surface area (Å²) in [4.78, 5) is 36.7. The van der Waals surface area contributed by atoms with Crippen LogP contribution in [-0.4, -0.2) is 30.7 Å². The molecule has 1 aliphatic heterocycles. The average molecular weight is 487 g/mol. The van der Waals surface area contributed by atoms with Gasteiger partial charge in [-0.25, -0.2) is 14.2 Å². The zero-order chi connectivity index (χ0) is 24.2. The molecule has 0 saturated carbocycles. The number of nitrogens with zero attached hydrogens (tertiary/aromatic N) is 3. The highest BCUT2D eigenvalue weighted by Crippen LogP contribution is 2.40. The van der Waals surface area contributed by atoms with Gasteiger partial charge in [0.1, 0.15) is 11.3 Å². The normalized spacial score (nSPS) is 13.5. The minimum Gasteiger partial charge on any atom is -0.454 e. The summed E-state index contributed by atoms with van der Waals surface area (Å²) in [5.41, 5.74) is 1.94. The van der Waals surface area contributed by atoms with Crippen LogP contribution in [0.25, 0.3) is 21.9 Å². The lowest BCUT2D eigenvalue weighted by atomic mass is 10.1. The number of aryl methyl sites for hydroxylation is 1. The smallest absolute Gasteiger partial charge is 0.359 e. The van der Waals surface area contributed by atoms with Crippen molar-refractivity contribution in [3.63, 3.8) is 0 Å². The standard InChI is InChI=1S/C23H23FN3O6P/c1-13(2)7-8-26-17-10-25-20-15(4-5-18-22(20)33-12-32-18)21(17)27(23(26)28)11-14-3-6-19(16(24)9-14)34(29,30)31/h3-6,9-10,13H,7-8,11-12H2,1-2H3,(H2,29,30,31). The molecule has 3 heterocycles. The number of imidazole rings is 1. The Morgan fingerprint density at radius 2 is 1.97 bits per heavy atom. The highest BCUT2D eigenvalue weighted by Gasteiger charge is 2.25. The van der Waals surface area contributed by atoms with Gasteiger partial charge in [0.2, 0.25) is 6.79 Å². The lowest BCUT2D eigenvalue weighted by Crippen LogP contribution is -2.25. The quantitative estimate of drug-likeness (QED) is 0.402. The van der Waals surface area contributed by atoms with E-state index in [1.54, 1.807) is 16.8 Å². The Hall–Kier alpha value is -3.20. The van der Waals surface area contributed by atoms with Crippen LogP contribution < -0.4 is 20.5 Å². The van der Waals surface area contributed by atoms with E-state index in [-0.39, 0.29) is 19.0 Å². The predicted octanol–water partition coefficient (Wildman–Crippen LogP) is 3.12. The molecular weight excluding hydrogens is 464 g/mol. The summed E-state index contributed by atoms with van der Waals surface area (Å²) in [5, 5.41) is 0.0137. The number of ether oxygens (including phenoxy) is 2. The van der Waals surface area contributed by atoms with Gasteiger partial charge in [0.05, 0.1) is 29.1 Å². The van der Waals surface area contributed by atoms with Gasteiger partial charge >= 0.3 is 13.3 Å². The van der Waals surface area contributed by atoms with Crippen LogP contribution in [0.3, 0.4) is 0 Å². The van der Waals surface area contributed by atoms with Crippen LogP contribution >= 0.6 is 7.60 Å². The van der Waals surface area contributed by atoms with Gasteiger partial charge < -0.3 is 19.3 Å². The van der Waals surface area contributed by atoms with Gasteiger partial charge in [-0.2, -0.15) is 0 Å². The maximum absolute atomic E-state index is 14.5. The van der Waals surface area contributed by atoms with E-state index in [4.69, 9.17) is 9.47 Å². The van der Waals surface area contributed by atoms with Crippen LogP contribution in [0, 0.1) is 11.7 Å². The Morgan fingerprint density at radius 1 is 1.18 bits per heavy atom. The van der Waals surface area contributed by atoms with Crippen LogP contribution in [0.2, 0.25) is 0 Å². The first-order chi connectivity index (χ1) is 16.1. The van der Waals surface area contributed by atoms with E-state index in [0.29, 0.717) is 51.5 Å². The number of pyridine rings is 1. The van der Waals surface area contributed by atoms with Crippen molar-refractivity contribution < 1.29 is 28.2 Å². The summed E-state index contributed by atoms with van der Waals surface area (Å²) in [7, 11) is -4.74. The molecule has 0 bridgehead atoms. The molecule has 0 atom stereocenters. The molecule has 9 nitrogen and oxygen atoms in total. The Bertz CT molecular complexity index is 1540. The first-order valence-electron chi connectivity index (χ1n) is 10.8. The molecule has 2 N–H and O–H groups in total. The summed E-state index contributed by atoms with van der Waals surface area (Å²) in [6, 6.07) is 7.11. The maximum Gasteiger partial charge on any atom is 0.359 e. The molecule has 0 fully saturated rings. The van der Waals surface area contributed by atoms with E-state index in [9.17, 15) is 23.5 Å². The monoisotopic (exact) mass is 487 g/mol. The molecular formula is C23H23FN3O6P. The van der Waals surface area contributed by atoms with Crippen LogP contribution in [0.4, 0.5) is 4.39 Å². The van der Waals surface area contributed by atoms with Gasteiger partial charge in [0.15, 0.2) is 11.5 Å². The number of halogens is 1. The molecule has 34 heavy (non-hydrogen) atoms. The zero-order valence-electron chi connectivity index (χ0n) is 18.6. The Balaban J connectivity index is 1.71. The SMILES string of the molecule is CC(C)CCn1c(=O)n(Cc2ccc(P(=O)(O)O)c(F)c2)c2c3ccc4c(c3ncc21)OCO4. The third kappa shape index (κ3) is 3.77. The fraction of sp³-hybridized carbons (Fsp3) is 0.304. The molecule has 4 aromatic rings. The van der Waals surface area contributed by atoms with Gasteiger partial charge in [-0.05, 0) is 42.2 Å². The number of fused-ring (bicyclic) bond motifs is 5. The van der Waals surface area contributed by atoms with E-state index < -0.39 is 18.7 Å². The number of hydrogen-bond donors (Lipinski definition) is 2. The highest BCUT2D eigenvalue weighted by molar-refractivity contribution is 7.60. The Labute approximate surface area is 193 Å². The van der Waals surface area contributed by atoms with Gasteiger partial charge in [-0.15, -0.1) is 0 Å². The van der Waals surface area contributed by atoms with E-state index in [1.807, 2.05) is 6.07 Å². The third-order valence-corrected chi connectivity index (χ3v) is 6.94. The topological polar surface area (TPSA) is 116 Å². The molecule has 178 valence electrons. The van der Waals surface area contributed by atoms with Crippen molar-refractivity contribution in [2.75, 3.05) is 6.79 Å². The molecule has 2 aromatic carbocycles. The second-order valence-corrected chi connectivity index (χ2v) is 10.3.